The summed E-state index contributed by atoms with van der Waals surface area (Å²) < 4.78 is 4.98. The van der Waals surface area contributed by atoms with Crippen molar-refractivity contribution in [3.8, 4) is 0 Å². The van der Waals surface area contributed by atoms with E-state index in [1.807, 2.05) is 0 Å². The van der Waals surface area contributed by atoms with E-state index in [9.17, 15) is 19.2 Å². The molecular weight excluding hydrogens is 390 g/mol. The molecule has 30 heavy (non-hydrogen) atoms. The van der Waals surface area contributed by atoms with E-state index in [-0.39, 0.29) is 23.1 Å². The number of fused-ring (bicyclic) bond motifs is 1. The van der Waals surface area contributed by atoms with Crippen LogP contribution in [0.2, 0.25) is 0 Å². The molecule has 154 valence electrons. The average molecular weight is 409 g/mol. The third-order valence-electron chi connectivity index (χ3n) is 5.06. The van der Waals surface area contributed by atoms with Crippen molar-refractivity contribution in [1.82, 2.24) is 20.0 Å². The smallest absolute Gasteiger partial charge is 0.409 e. The molecule has 2 aliphatic heterocycles. The Morgan fingerprint density at radius 1 is 0.900 bits per heavy atom. The number of piperazine rings is 1. The second-order valence-electron chi connectivity index (χ2n) is 6.79. The minimum atomic E-state index is -0.473. The molecule has 10 heteroatoms. The average Bonchev–Trinajstić information content (AvgIpc) is 3.04. The van der Waals surface area contributed by atoms with E-state index in [2.05, 4.69) is 10.2 Å². The zero-order valence-corrected chi connectivity index (χ0v) is 16.3. The largest absolute Gasteiger partial charge is 0.450 e. The van der Waals surface area contributed by atoms with Crippen LogP contribution in [0.3, 0.4) is 0 Å². The predicted octanol–water partition coefficient (Wildman–Crippen LogP) is 1.19. The first-order valence-corrected chi connectivity index (χ1v) is 9.51. The molecule has 4 amide bonds. The number of amides is 4. The highest BCUT2D eigenvalue weighted by atomic mass is 16.6. The van der Waals surface area contributed by atoms with Crippen LogP contribution in [0.4, 0.5) is 10.5 Å². The fourth-order valence-electron chi connectivity index (χ4n) is 3.47. The highest BCUT2D eigenvalue weighted by Gasteiger charge is 2.37. The molecule has 1 saturated heterocycles. The summed E-state index contributed by atoms with van der Waals surface area (Å²) in [6.45, 7) is 3.66. The molecule has 3 heterocycles. The number of anilines is 1. The molecule has 0 bridgehead atoms. The summed E-state index contributed by atoms with van der Waals surface area (Å²) in [5.74, 6) is -1.13. The fourth-order valence-corrected chi connectivity index (χ4v) is 3.47. The van der Waals surface area contributed by atoms with Gasteiger partial charge in [0.05, 0.1) is 35.8 Å². The van der Waals surface area contributed by atoms with Gasteiger partial charge in [-0.1, -0.05) is 0 Å². The molecule has 1 aromatic heterocycles. The number of carbonyl (C=O) groups excluding carboxylic acids is 4. The van der Waals surface area contributed by atoms with Crippen LogP contribution < -0.4 is 4.90 Å². The number of rotatable bonds is 3. The Morgan fingerprint density at radius 2 is 1.43 bits per heavy atom. The van der Waals surface area contributed by atoms with Gasteiger partial charge < -0.3 is 14.5 Å². The van der Waals surface area contributed by atoms with Gasteiger partial charge in [-0.25, -0.2) is 9.69 Å². The Morgan fingerprint density at radius 3 is 1.97 bits per heavy atom. The van der Waals surface area contributed by atoms with Gasteiger partial charge in [-0.3, -0.25) is 14.4 Å². The monoisotopic (exact) mass is 409 g/mol. The molecule has 0 radical (unpaired) electrons. The van der Waals surface area contributed by atoms with E-state index >= 15 is 0 Å². The van der Waals surface area contributed by atoms with Crippen LogP contribution in [0.15, 0.2) is 36.7 Å². The molecule has 4 rings (SSSR count). The second-order valence-corrected chi connectivity index (χ2v) is 6.79. The Hall–Kier alpha value is -3.82. The van der Waals surface area contributed by atoms with Crippen molar-refractivity contribution in [2.24, 2.45) is 0 Å². The molecule has 0 atom stereocenters. The van der Waals surface area contributed by atoms with Gasteiger partial charge in [0.1, 0.15) is 0 Å². The van der Waals surface area contributed by atoms with E-state index < -0.39 is 11.8 Å². The number of imide groups is 1. The van der Waals surface area contributed by atoms with E-state index in [1.165, 1.54) is 12.4 Å². The summed E-state index contributed by atoms with van der Waals surface area (Å²) in [6, 6.07) is 6.28. The van der Waals surface area contributed by atoms with E-state index in [1.54, 1.807) is 41.0 Å². The molecule has 0 unspecified atom stereocenters. The molecule has 0 spiro atoms. The normalized spacial score (nSPS) is 16.0. The first-order chi connectivity index (χ1) is 14.5. The van der Waals surface area contributed by atoms with Crippen LogP contribution in [0.25, 0.3) is 0 Å². The number of nitrogens with zero attached hydrogens (tertiary/aromatic N) is 5. The lowest BCUT2D eigenvalue weighted by molar-refractivity contribution is 0.0570. The van der Waals surface area contributed by atoms with Crippen molar-refractivity contribution in [3.63, 3.8) is 0 Å². The molecule has 1 fully saturated rings. The third-order valence-corrected chi connectivity index (χ3v) is 5.06. The lowest BCUT2D eigenvalue weighted by Crippen LogP contribution is -2.50. The van der Waals surface area contributed by atoms with E-state index in [0.717, 1.165) is 4.90 Å². The number of carbonyl (C=O) groups is 4. The van der Waals surface area contributed by atoms with Crippen molar-refractivity contribution in [2.45, 2.75) is 6.92 Å². The maximum absolute atomic E-state index is 12.8. The molecular formula is C20H19N5O5. The van der Waals surface area contributed by atoms with Crippen molar-refractivity contribution >= 4 is 29.5 Å². The van der Waals surface area contributed by atoms with Gasteiger partial charge >= 0.3 is 6.09 Å². The SMILES string of the molecule is CCOC(=O)N1CCN(C(=O)c2ccc(N3C(=O)c4cnncc4C3=O)cc2)CC1. The maximum atomic E-state index is 12.8. The molecule has 0 N–H and O–H groups in total. The summed E-state index contributed by atoms with van der Waals surface area (Å²) in [5.41, 5.74) is 1.21. The Labute approximate surface area is 172 Å². The van der Waals surface area contributed by atoms with Crippen LogP contribution in [0.5, 0.6) is 0 Å². The summed E-state index contributed by atoms with van der Waals surface area (Å²) in [6.07, 6.45) is 2.16. The van der Waals surface area contributed by atoms with Gasteiger partial charge in [0, 0.05) is 31.7 Å². The molecule has 2 aliphatic rings. The highest BCUT2D eigenvalue weighted by Crippen LogP contribution is 2.27. The van der Waals surface area contributed by atoms with Crippen LogP contribution in [0, 0.1) is 0 Å². The predicted molar refractivity (Wildman–Crippen MR) is 104 cm³/mol. The molecule has 10 nitrogen and oxygen atoms in total. The van der Waals surface area contributed by atoms with Gasteiger partial charge in [0.15, 0.2) is 0 Å². The number of ether oxygens (including phenoxy) is 1. The number of hydrogen-bond acceptors (Lipinski definition) is 7. The standard InChI is InChI=1S/C20H19N5O5/c1-2-30-20(29)24-9-7-23(8-10-24)17(26)13-3-5-14(6-4-13)25-18(27)15-11-21-22-12-16(15)19(25)28/h3-6,11-12H,2,7-10H2,1H3. The van der Waals surface area contributed by atoms with Gasteiger partial charge in [-0.15, -0.1) is 0 Å². The van der Waals surface area contributed by atoms with Crippen molar-refractivity contribution in [3.05, 3.63) is 53.3 Å². The van der Waals surface area contributed by atoms with Gasteiger partial charge in [0.25, 0.3) is 17.7 Å². The quantitative estimate of drug-likeness (QED) is 0.700. The Balaban J connectivity index is 1.43. The summed E-state index contributed by atoms with van der Waals surface area (Å²) in [5, 5.41) is 7.31. The third kappa shape index (κ3) is 3.36. The first-order valence-electron chi connectivity index (χ1n) is 9.51. The first kappa shape index (κ1) is 19.5. The second kappa shape index (κ2) is 7.90. The van der Waals surface area contributed by atoms with E-state index in [4.69, 9.17) is 4.74 Å². The van der Waals surface area contributed by atoms with Crippen LogP contribution in [0.1, 0.15) is 38.0 Å². The number of aromatic nitrogens is 2. The summed E-state index contributed by atoms with van der Waals surface area (Å²) in [4.78, 5) is 53.9. The fraction of sp³-hybridized carbons (Fsp3) is 0.300. The number of hydrogen-bond donors (Lipinski definition) is 0. The molecule has 0 saturated carbocycles. The zero-order valence-electron chi connectivity index (χ0n) is 16.3. The lowest BCUT2D eigenvalue weighted by atomic mass is 10.1. The van der Waals surface area contributed by atoms with Gasteiger partial charge in [0.2, 0.25) is 0 Å². The topological polar surface area (TPSA) is 113 Å². The summed E-state index contributed by atoms with van der Waals surface area (Å²) >= 11 is 0. The summed E-state index contributed by atoms with van der Waals surface area (Å²) in [7, 11) is 0. The Kier molecular flexibility index (Phi) is 5.13. The van der Waals surface area contributed by atoms with Gasteiger partial charge in [-0.2, -0.15) is 10.2 Å². The van der Waals surface area contributed by atoms with E-state index in [0.29, 0.717) is 44.0 Å². The zero-order chi connectivity index (χ0) is 21.3. The highest BCUT2D eigenvalue weighted by molar-refractivity contribution is 6.34. The Bertz CT molecular complexity index is 980. The lowest BCUT2D eigenvalue weighted by Gasteiger charge is -2.34. The van der Waals surface area contributed by atoms with Crippen molar-refractivity contribution < 1.29 is 23.9 Å². The van der Waals surface area contributed by atoms with Crippen LogP contribution in [-0.4, -0.2) is 76.6 Å². The van der Waals surface area contributed by atoms with Crippen LogP contribution in [-0.2, 0) is 4.74 Å². The number of benzene rings is 1. The molecule has 2 aromatic rings. The molecule has 1 aromatic carbocycles. The van der Waals surface area contributed by atoms with Crippen molar-refractivity contribution in [1.29, 1.82) is 0 Å². The van der Waals surface area contributed by atoms with Crippen LogP contribution >= 0.6 is 0 Å². The van der Waals surface area contributed by atoms with Crippen molar-refractivity contribution in [2.75, 3.05) is 37.7 Å². The minimum Gasteiger partial charge on any atom is -0.450 e. The molecule has 0 aliphatic carbocycles. The van der Waals surface area contributed by atoms with Gasteiger partial charge in [-0.05, 0) is 31.2 Å². The minimum absolute atomic E-state index is 0.180. The maximum Gasteiger partial charge on any atom is 0.409 e.